The predicted octanol–water partition coefficient (Wildman–Crippen LogP) is 5.19. The number of benzene rings is 2. The number of sulfonamides is 1. The molecule has 0 fully saturated rings. The van der Waals surface area contributed by atoms with Gasteiger partial charge in [0.1, 0.15) is 22.3 Å². The SMILES string of the molecule is O=C(c1c(F)ccc(NS(=O)(=O)c2cccc(F)c2)c1F)c1c[nH]c2ncc(-c3cc4c(s3)NC=NC4O)cc12. The molecule has 3 aromatic heterocycles. The van der Waals surface area contributed by atoms with Crippen LogP contribution >= 0.6 is 11.3 Å². The normalized spacial score (nSPS) is 14.7. The molecule has 40 heavy (non-hydrogen) atoms. The standard InChI is InChI=1S/C26H16F3N5O4S2/c27-13-2-1-3-14(7-13)40(37,38)34-19-5-4-18(28)21(22(19)29)23(35)17-10-31-24-15(17)6-12(9-30-24)20-8-16-25(36)32-11-33-26(16)39-20/h1-11,25,34,36H,(H,30,31)(H,32,33). The number of hydrogen-bond acceptors (Lipinski definition) is 8. The van der Waals surface area contributed by atoms with Crippen LogP contribution in [0.15, 0.2) is 70.8 Å². The van der Waals surface area contributed by atoms with Crippen molar-refractivity contribution in [2.75, 3.05) is 10.0 Å². The van der Waals surface area contributed by atoms with Crippen LogP contribution in [0.5, 0.6) is 0 Å². The van der Waals surface area contributed by atoms with Gasteiger partial charge < -0.3 is 15.4 Å². The summed E-state index contributed by atoms with van der Waals surface area (Å²) in [5.41, 5.74) is -0.359. The minimum absolute atomic E-state index is 0.102. The molecule has 0 amide bonds. The van der Waals surface area contributed by atoms with E-state index in [1.54, 1.807) is 18.3 Å². The monoisotopic (exact) mass is 583 g/mol. The molecule has 2 aromatic carbocycles. The Bertz CT molecular complexity index is 1970. The van der Waals surface area contributed by atoms with Gasteiger partial charge in [-0.25, -0.2) is 31.6 Å². The topological polar surface area (TPSA) is 137 Å². The average Bonchev–Trinajstić information content (AvgIpc) is 3.55. The molecule has 6 rings (SSSR count). The Balaban J connectivity index is 1.38. The quantitative estimate of drug-likeness (QED) is 0.203. The number of anilines is 2. The van der Waals surface area contributed by atoms with Gasteiger partial charge >= 0.3 is 0 Å². The highest BCUT2D eigenvalue weighted by Gasteiger charge is 2.27. The van der Waals surface area contributed by atoms with Crippen LogP contribution in [0.25, 0.3) is 21.5 Å². The van der Waals surface area contributed by atoms with Crippen LogP contribution in [0.2, 0.25) is 0 Å². The van der Waals surface area contributed by atoms with Gasteiger partial charge in [-0.2, -0.15) is 0 Å². The Morgan fingerprint density at radius 3 is 2.70 bits per heavy atom. The zero-order chi connectivity index (χ0) is 28.2. The maximum atomic E-state index is 15.5. The van der Waals surface area contributed by atoms with Gasteiger partial charge in [-0.1, -0.05) is 6.07 Å². The number of rotatable bonds is 6. The number of aliphatic hydroxyl groups excluding tert-OH is 1. The Morgan fingerprint density at radius 1 is 1.10 bits per heavy atom. The summed E-state index contributed by atoms with van der Waals surface area (Å²) in [4.78, 5) is 24.6. The molecule has 1 unspecified atom stereocenters. The van der Waals surface area contributed by atoms with Gasteiger partial charge in [0.05, 0.1) is 22.5 Å². The van der Waals surface area contributed by atoms with Gasteiger partial charge in [-0.3, -0.25) is 9.52 Å². The van der Waals surface area contributed by atoms with E-state index in [-0.39, 0.29) is 16.6 Å². The number of thiophene rings is 1. The van der Waals surface area contributed by atoms with Gasteiger partial charge in [0.25, 0.3) is 10.0 Å². The molecule has 0 radical (unpaired) electrons. The van der Waals surface area contributed by atoms with Crippen molar-refractivity contribution in [3.8, 4) is 10.4 Å². The van der Waals surface area contributed by atoms with Crippen LogP contribution in [0.1, 0.15) is 27.7 Å². The number of aromatic amines is 1. The first-order chi connectivity index (χ1) is 19.1. The van der Waals surface area contributed by atoms with E-state index < -0.39 is 55.6 Å². The number of fused-ring (bicyclic) bond motifs is 2. The number of aliphatic hydroxyl groups is 1. The number of carbonyl (C=O) groups is 1. The Labute approximate surface area is 228 Å². The zero-order valence-electron chi connectivity index (χ0n) is 19.9. The highest BCUT2D eigenvalue weighted by Crippen LogP contribution is 2.40. The zero-order valence-corrected chi connectivity index (χ0v) is 21.6. The number of hydrogen-bond donors (Lipinski definition) is 4. The van der Waals surface area contributed by atoms with Crippen molar-refractivity contribution in [1.29, 1.82) is 0 Å². The minimum atomic E-state index is -4.45. The van der Waals surface area contributed by atoms with Crippen LogP contribution < -0.4 is 10.0 Å². The van der Waals surface area contributed by atoms with Crippen LogP contribution in [-0.2, 0) is 10.0 Å². The van der Waals surface area contributed by atoms with Crippen molar-refractivity contribution in [3.05, 3.63) is 95.1 Å². The molecule has 1 aliphatic rings. The van der Waals surface area contributed by atoms with E-state index in [9.17, 15) is 27.1 Å². The first-order valence-electron chi connectivity index (χ1n) is 11.5. The summed E-state index contributed by atoms with van der Waals surface area (Å²) >= 11 is 1.32. The smallest absolute Gasteiger partial charge is 0.262 e. The number of pyridine rings is 1. The number of aliphatic imine (C=N–C) groups is 1. The number of nitrogens with one attached hydrogen (secondary N) is 3. The van der Waals surface area contributed by atoms with Crippen LogP contribution in [0.4, 0.5) is 23.9 Å². The minimum Gasteiger partial charge on any atom is -0.368 e. The Hall–Kier alpha value is -4.53. The number of carbonyl (C=O) groups excluding carboxylic acids is 1. The second kappa shape index (κ2) is 9.59. The first-order valence-corrected chi connectivity index (χ1v) is 13.8. The van der Waals surface area contributed by atoms with Crippen LogP contribution in [0, 0.1) is 17.5 Å². The highest BCUT2D eigenvalue weighted by atomic mass is 32.2. The molecule has 0 saturated carbocycles. The van der Waals surface area contributed by atoms with Crippen LogP contribution in [-0.4, -0.2) is 35.6 Å². The van der Waals surface area contributed by atoms with Gasteiger partial charge in [0, 0.05) is 39.3 Å². The third-order valence-corrected chi connectivity index (χ3v) is 8.67. The van der Waals surface area contributed by atoms with Crippen molar-refractivity contribution < 1.29 is 31.5 Å². The van der Waals surface area contributed by atoms with E-state index in [0.717, 1.165) is 36.4 Å². The lowest BCUT2D eigenvalue weighted by Crippen LogP contribution is -2.16. The van der Waals surface area contributed by atoms with Crippen molar-refractivity contribution in [2.24, 2.45) is 4.99 Å². The fraction of sp³-hybridized carbons (Fsp3) is 0.0385. The molecule has 14 heteroatoms. The van der Waals surface area contributed by atoms with E-state index >= 15 is 4.39 Å². The maximum Gasteiger partial charge on any atom is 0.262 e. The lowest BCUT2D eigenvalue weighted by molar-refractivity contribution is 0.103. The molecule has 1 aliphatic heterocycles. The van der Waals surface area contributed by atoms with Crippen molar-refractivity contribution in [1.82, 2.24) is 9.97 Å². The van der Waals surface area contributed by atoms with Crippen molar-refractivity contribution in [2.45, 2.75) is 11.1 Å². The summed E-state index contributed by atoms with van der Waals surface area (Å²) in [5.74, 6) is -4.52. The molecule has 0 spiro atoms. The molecule has 4 heterocycles. The highest BCUT2D eigenvalue weighted by molar-refractivity contribution is 7.92. The summed E-state index contributed by atoms with van der Waals surface area (Å²) < 4.78 is 71.2. The third kappa shape index (κ3) is 4.41. The molecule has 9 nitrogen and oxygen atoms in total. The molecule has 0 aliphatic carbocycles. The van der Waals surface area contributed by atoms with Gasteiger partial charge in [-0.05, 0) is 42.5 Å². The Kier molecular flexibility index (Phi) is 6.17. The van der Waals surface area contributed by atoms with Gasteiger partial charge in [-0.15, -0.1) is 11.3 Å². The van der Waals surface area contributed by atoms with E-state index in [1.165, 1.54) is 23.9 Å². The fourth-order valence-corrected chi connectivity index (χ4v) is 6.36. The second-order valence-corrected chi connectivity index (χ2v) is 11.4. The summed E-state index contributed by atoms with van der Waals surface area (Å²) in [7, 11) is -4.45. The van der Waals surface area contributed by atoms with Crippen molar-refractivity contribution in [3.63, 3.8) is 0 Å². The first kappa shape index (κ1) is 25.7. The molecule has 202 valence electrons. The van der Waals surface area contributed by atoms with E-state index in [2.05, 4.69) is 20.3 Å². The third-order valence-electron chi connectivity index (χ3n) is 6.18. The van der Waals surface area contributed by atoms with Crippen LogP contribution in [0.3, 0.4) is 0 Å². The number of nitrogens with zero attached hydrogens (tertiary/aromatic N) is 2. The lowest BCUT2D eigenvalue weighted by atomic mass is 10.0. The predicted molar refractivity (Wildman–Crippen MR) is 143 cm³/mol. The molecule has 1 atom stereocenters. The lowest BCUT2D eigenvalue weighted by Gasteiger charge is -2.12. The van der Waals surface area contributed by atoms with Gasteiger partial charge in [0.2, 0.25) is 5.78 Å². The summed E-state index contributed by atoms with van der Waals surface area (Å²) in [5, 5.41) is 14.0. The second-order valence-electron chi connectivity index (χ2n) is 8.69. The van der Waals surface area contributed by atoms with E-state index in [0.29, 0.717) is 21.0 Å². The number of halogens is 3. The Morgan fingerprint density at radius 2 is 1.93 bits per heavy atom. The van der Waals surface area contributed by atoms with E-state index in [4.69, 9.17) is 0 Å². The summed E-state index contributed by atoms with van der Waals surface area (Å²) in [6.45, 7) is 0. The maximum absolute atomic E-state index is 15.5. The summed E-state index contributed by atoms with van der Waals surface area (Å²) in [6.07, 6.45) is 3.15. The van der Waals surface area contributed by atoms with Gasteiger partial charge in [0.15, 0.2) is 12.0 Å². The number of aromatic nitrogens is 2. The molecule has 0 bridgehead atoms. The molecular formula is C26H16F3N5O4S2. The molecule has 5 aromatic rings. The number of ketones is 1. The number of H-pyrrole nitrogens is 1. The van der Waals surface area contributed by atoms with Crippen molar-refractivity contribution >= 4 is 55.2 Å². The average molecular weight is 584 g/mol. The summed E-state index contributed by atoms with van der Waals surface area (Å²) in [6, 6.07) is 8.96. The van der Waals surface area contributed by atoms with E-state index in [1.807, 2.05) is 4.72 Å². The molecule has 4 N–H and O–H groups in total. The largest absolute Gasteiger partial charge is 0.368 e. The fourth-order valence-electron chi connectivity index (χ4n) is 4.24. The molecular weight excluding hydrogens is 567 g/mol. The molecule has 0 saturated heterocycles.